The van der Waals surface area contributed by atoms with Crippen LogP contribution in [0.1, 0.15) is 51.5 Å². The lowest BCUT2D eigenvalue weighted by Crippen LogP contribution is -2.29. The van der Waals surface area contributed by atoms with Crippen LogP contribution in [-0.4, -0.2) is 35.8 Å². The zero-order chi connectivity index (χ0) is 14.4. The topological polar surface area (TPSA) is 59.1 Å². The van der Waals surface area contributed by atoms with Crippen molar-refractivity contribution >= 4 is 11.6 Å². The van der Waals surface area contributed by atoms with E-state index in [2.05, 4.69) is 41.4 Å². The van der Waals surface area contributed by atoms with Crippen molar-refractivity contribution in [2.24, 2.45) is 0 Å². The largest absolute Gasteiger partial charge is 0.381 e. The molecule has 5 heteroatoms. The molecule has 1 aromatic rings. The Morgan fingerprint density at radius 2 is 1.95 bits per heavy atom. The average molecular weight is 278 g/mol. The second-order valence-corrected chi connectivity index (χ2v) is 5.60. The first-order valence-corrected chi connectivity index (χ1v) is 7.65. The number of anilines is 2. The first-order valence-electron chi connectivity index (χ1n) is 7.65. The summed E-state index contributed by atoms with van der Waals surface area (Å²) in [6.45, 7) is 9.13. The Morgan fingerprint density at radius 1 is 1.25 bits per heavy atom. The highest BCUT2D eigenvalue weighted by Crippen LogP contribution is 2.29. The van der Waals surface area contributed by atoms with E-state index in [0.29, 0.717) is 12.0 Å². The smallest absolute Gasteiger partial charge is 0.135 e. The zero-order valence-corrected chi connectivity index (χ0v) is 12.8. The maximum absolute atomic E-state index is 5.41. The van der Waals surface area contributed by atoms with Crippen molar-refractivity contribution in [1.29, 1.82) is 0 Å². The van der Waals surface area contributed by atoms with E-state index in [4.69, 9.17) is 4.74 Å². The van der Waals surface area contributed by atoms with E-state index in [-0.39, 0.29) is 0 Å². The van der Waals surface area contributed by atoms with Crippen LogP contribution in [0.15, 0.2) is 6.33 Å². The summed E-state index contributed by atoms with van der Waals surface area (Å²) in [5, 5.41) is 6.98. The number of hydrogen-bond acceptors (Lipinski definition) is 5. The molecule has 0 atom stereocenters. The van der Waals surface area contributed by atoms with Crippen LogP contribution in [0.3, 0.4) is 0 Å². The molecule has 1 aliphatic rings. The predicted octanol–water partition coefficient (Wildman–Crippen LogP) is 3.01. The monoisotopic (exact) mass is 278 g/mol. The Kier molecular flexibility index (Phi) is 5.59. The van der Waals surface area contributed by atoms with Gasteiger partial charge in [0.1, 0.15) is 18.0 Å². The third-order valence-electron chi connectivity index (χ3n) is 3.57. The van der Waals surface area contributed by atoms with Gasteiger partial charge in [0.25, 0.3) is 0 Å². The van der Waals surface area contributed by atoms with Crippen molar-refractivity contribution in [3.8, 4) is 0 Å². The van der Waals surface area contributed by atoms with Crippen LogP contribution in [0.4, 0.5) is 11.6 Å². The summed E-state index contributed by atoms with van der Waals surface area (Å²) in [4.78, 5) is 8.86. The number of rotatable bonds is 6. The fourth-order valence-corrected chi connectivity index (χ4v) is 2.48. The van der Waals surface area contributed by atoms with Crippen LogP contribution in [0.5, 0.6) is 0 Å². The van der Waals surface area contributed by atoms with E-state index >= 15 is 0 Å². The summed E-state index contributed by atoms with van der Waals surface area (Å²) >= 11 is 0. The van der Waals surface area contributed by atoms with Crippen LogP contribution < -0.4 is 10.6 Å². The van der Waals surface area contributed by atoms with Gasteiger partial charge in [-0.15, -0.1) is 0 Å². The third-order valence-corrected chi connectivity index (χ3v) is 3.57. The van der Waals surface area contributed by atoms with Gasteiger partial charge >= 0.3 is 0 Å². The number of nitrogens with zero attached hydrogens (tertiary/aromatic N) is 2. The lowest BCUT2D eigenvalue weighted by molar-refractivity contribution is 0.0903. The summed E-state index contributed by atoms with van der Waals surface area (Å²) in [5.41, 5.74) is 1.19. The second-order valence-electron chi connectivity index (χ2n) is 5.60. The molecular formula is C15H26N4O. The Labute approximate surface area is 121 Å². The predicted molar refractivity (Wildman–Crippen MR) is 82.4 cm³/mol. The maximum Gasteiger partial charge on any atom is 0.135 e. The van der Waals surface area contributed by atoms with E-state index in [1.165, 1.54) is 5.56 Å². The van der Waals surface area contributed by atoms with Crippen LogP contribution in [0.25, 0.3) is 0 Å². The van der Waals surface area contributed by atoms with Crippen LogP contribution in [0.2, 0.25) is 0 Å². The van der Waals surface area contributed by atoms with Gasteiger partial charge in [-0.2, -0.15) is 0 Å². The number of ether oxygens (including phenoxy) is 1. The molecule has 0 unspecified atom stereocenters. The van der Waals surface area contributed by atoms with Gasteiger partial charge < -0.3 is 15.4 Å². The van der Waals surface area contributed by atoms with Gasteiger partial charge in [-0.1, -0.05) is 20.8 Å². The molecule has 2 heterocycles. The molecule has 1 aromatic heterocycles. The lowest BCUT2D eigenvalue weighted by atomic mass is 10.0. The number of hydrogen-bond donors (Lipinski definition) is 2. The molecular weight excluding hydrogens is 252 g/mol. The minimum absolute atomic E-state index is 0.387. The Bertz CT molecular complexity index is 416. The van der Waals surface area contributed by atoms with Crippen molar-refractivity contribution in [3.63, 3.8) is 0 Å². The molecule has 0 saturated carbocycles. The molecule has 20 heavy (non-hydrogen) atoms. The minimum Gasteiger partial charge on any atom is -0.381 e. The number of nitrogens with one attached hydrogen (secondary N) is 2. The summed E-state index contributed by atoms with van der Waals surface area (Å²) in [7, 11) is 0. The Morgan fingerprint density at radius 3 is 2.60 bits per heavy atom. The summed E-state index contributed by atoms with van der Waals surface area (Å²) < 4.78 is 5.41. The minimum atomic E-state index is 0.387. The van der Waals surface area contributed by atoms with Gasteiger partial charge in [-0.3, -0.25) is 0 Å². The molecule has 0 radical (unpaired) electrons. The molecule has 1 fully saturated rings. The maximum atomic E-state index is 5.41. The van der Waals surface area contributed by atoms with E-state index in [1.54, 1.807) is 6.33 Å². The standard InChI is InChI=1S/C15H26N4O/c1-4-7-16-14-13(11(2)3)15(18-10-17-14)19-12-5-8-20-9-6-12/h10-12H,4-9H2,1-3H3,(H2,16,17,18,19). The summed E-state index contributed by atoms with van der Waals surface area (Å²) in [6, 6.07) is 0.454. The highest BCUT2D eigenvalue weighted by atomic mass is 16.5. The third kappa shape index (κ3) is 3.82. The fourth-order valence-electron chi connectivity index (χ4n) is 2.48. The van der Waals surface area contributed by atoms with Gasteiger partial charge in [0.2, 0.25) is 0 Å². The highest BCUT2D eigenvalue weighted by molar-refractivity contribution is 5.59. The quantitative estimate of drug-likeness (QED) is 0.837. The summed E-state index contributed by atoms with van der Waals surface area (Å²) in [5.74, 6) is 2.32. The molecule has 0 spiro atoms. The van der Waals surface area contributed by atoms with Crippen molar-refractivity contribution in [3.05, 3.63) is 11.9 Å². The SMILES string of the molecule is CCCNc1ncnc(NC2CCOCC2)c1C(C)C. The number of aromatic nitrogens is 2. The Hall–Kier alpha value is -1.36. The van der Waals surface area contributed by atoms with Crippen molar-refractivity contribution in [1.82, 2.24) is 9.97 Å². The van der Waals surface area contributed by atoms with Crippen LogP contribution in [0, 0.1) is 0 Å². The van der Waals surface area contributed by atoms with E-state index in [0.717, 1.165) is 50.7 Å². The lowest BCUT2D eigenvalue weighted by Gasteiger charge is -2.26. The molecule has 112 valence electrons. The molecule has 1 aliphatic heterocycles. The van der Waals surface area contributed by atoms with Crippen molar-refractivity contribution in [2.45, 2.75) is 52.0 Å². The molecule has 2 N–H and O–H groups in total. The normalized spacial score (nSPS) is 16.4. The molecule has 0 bridgehead atoms. The van der Waals surface area contributed by atoms with Gasteiger partial charge in [0.05, 0.1) is 0 Å². The first kappa shape index (κ1) is 15.0. The van der Waals surface area contributed by atoms with Crippen molar-refractivity contribution in [2.75, 3.05) is 30.4 Å². The van der Waals surface area contributed by atoms with Gasteiger partial charge in [0, 0.05) is 31.4 Å². The molecule has 0 amide bonds. The van der Waals surface area contributed by atoms with Crippen molar-refractivity contribution < 1.29 is 4.74 Å². The van der Waals surface area contributed by atoms with Gasteiger partial charge in [0.15, 0.2) is 0 Å². The second kappa shape index (κ2) is 7.43. The van der Waals surface area contributed by atoms with E-state index in [9.17, 15) is 0 Å². The Balaban J connectivity index is 2.17. The van der Waals surface area contributed by atoms with Gasteiger partial charge in [-0.25, -0.2) is 9.97 Å². The van der Waals surface area contributed by atoms with Crippen LogP contribution >= 0.6 is 0 Å². The molecule has 5 nitrogen and oxygen atoms in total. The molecule has 0 aliphatic carbocycles. The van der Waals surface area contributed by atoms with E-state index in [1.807, 2.05) is 0 Å². The van der Waals surface area contributed by atoms with E-state index < -0.39 is 0 Å². The average Bonchev–Trinajstić information content (AvgIpc) is 2.46. The highest BCUT2D eigenvalue weighted by Gasteiger charge is 2.19. The van der Waals surface area contributed by atoms with Gasteiger partial charge in [-0.05, 0) is 25.2 Å². The molecule has 2 rings (SSSR count). The first-order chi connectivity index (χ1) is 9.72. The summed E-state index contributed by atoms with van der Waals surface area (Å²) in [6.07, 6.45) is 4.81. The zero-order valence-electron chi connectivity index (χ0n) is 12.8. The molecule has 0 aromatic carbocycles. The molecule has 1 saturated heterocycles. The fraction of sp³-hybridized carbons (Fsp3) is 0.733. The van der Waals surface area contributed by atoms with Crippen LogP contribution in [-0.2, 0) is 4.74 Å².